The lowest BCUT2D eigenvalue weighted by Crippen LogP contribution is -2.48. The van der Waals surface area contributed by atoms with E-state index in [1.165, 1.54) is 0 Å². The Hall–Kier alpha value is -0.940. The standard InChI is InChI=1S/C11H17ClN4O/c1-6-4-16(5-7(2)9(6)17)11-13-8(3)10(12)14-15-11/h6-7,9,17H,4-5H2,1-3H3/t6-,7+,9?. The van der Waals surface area contributed by atoms with Crippen molar-refractivity contribution in [1.82, 2.24) is 15.2 Å². The Bertz CT molecular complexity index is 402. The quantitative estimate of drug-likeness (QED) is 0.820. The molecule has 0 saturated carbocycles. The van der Waals surface area contributed by atoms with Crippen LogP contribution >= 0.6 is 11.6 Å². The fourth-order valence-electron chi connectivity index (χ4n) is 2.22. The van der Waals surface area contributed by atoms with Gasteiger partial charge in [-0.15, -0.1) is 10.2 Å². The molecule has 17 heavy (non-hydrogen) atoms. The Morgan fingerprint density at radius 2 is 1.82 bits per heavy atom. The van der Waals surface area contributed by atoms with Crippen molar-refractivity contribution in [3.63, 3.8) is 0 Å². The van der Waals surface area contributed by atoms with Gasteiger partial charge < -0.3 is 10.0 Å². The van der Waals surface area contributed by atoms with E-state index in [0.717, 1.165) is 13.1 Å². The lowest BCUT2D eigenvalue weighted by Gasteiger charge is -2.38. The molecule has 1 aromatic heterocycles. The van der Waals surface area contributed by atoms with Gasteiger partial charge in [0, 0.05) is 13.1 Å². The molecule has 2 rings (SSSR count). The minimum absolute atomic E-state index is 0.207. The van der Waals surface area contributed by atoms with Gasteiger partial charge in [-0.05, 0) is 18.8 Å². The molecule has 6 heteroatoms. The number of aliphatic hydroxyl groups is 1. The predicted molar refractivity (Wildman–Crippen MR) is 66.1 cm³/mol. The maximum atomic E-state index is 9.91. The average Bonchev–Trinajstić information content (AvgIpc) is 2.29. The number of aliphatic hydroxyl groups excluding tert-OH is 1. The monoisotopic (exact) mass is 256 g/mol. The van der Waals surface area contributed by atoms with Gasteiger partial charge in [-0.3, -0.25) is 0 Å². The topological polar surface area (TPSA) is 62.1 Å². The van der Waals surface area contributed by atoms with E-state index < -0.39 is 0 Å². The molecule has 0 spiro atoms. The first kappa shape index (κ1) is 12.5. The van der Waals surface area contributed by atoms with Crippen LogP contribution in [-0.2, 0) is 0 Å². The SMILES string of the molecule is Cc1nc(N2C[C@@H](C)C(O)[C@@H](C)C2)nnc1Cl. The van der Waals surface area contributed by atoms with Crippen molar-refractivity contribution in [2.75, 3.05) is 18.0 Å². The van der Waals surface area contributed by atoms with Crippen LogP contribution in [0.15, 0.2) is 0 Å². The van der Waals surface area contributed by atoms with Gasteiger partial charge in [0.15, 0.2) is 5.15 Å². The fraction of sp³-hybridized carbons (Fsp3) is 0.727. The molecule has 3 atom stereocenters. The summed E-state index contributed by atoms with van der Waals surface area (Å²) >= 11 is 5.81. The van der Waals surface area contributed by atoms with Crippen molar-refractivity contribution >= 4 is 17.5 Å². The highest BCUT2D eigenvalue weighted by molar-refractivity contribution is 6.29. The molecule has 1 N–H and O–H groups in total. The molecule has 1 unspecified atom stereocenters. The Balaban J connectivity index is 2.20. The highest BCUT2D eigenvalue weighted by atomic mass is 35.5. The summed E-state index contributed by atoms with van der Waals surface area (Å²) in [5, 5.41) is 18.1. The first-order valence-electron chi connectivity index (χ1n) is 5.79. The Morgan fingerprint density at radius 3 is 2.35 bits per heavy atom. The zero-order valence-electron chi connectivity index (χ0n) is 10.3. The number of aromatic nitrogens is 3. The van der Waals surface area contributed by atoms with Crippen molar-refractivity contribution in [3.8, 4) is 0 Å². The molecule has 94 valence electrons. The Morgan fingerprint density at radius 1 is 1.24 bits per heavy atom. The average molecular weight is 257 g/mol. The minimum Gasteiger partial charge on any atom is -0.392 e. The molecule has 0 bridgehead atoms. The van der Waals surface area contributed by atoms with E-state index in [2.05, 4.69) is 20.1 Å². The number of aryl methyl sites for hydroxylation is 1. The largest absolute Gasteiger partial charge is 0.392 e. The molecule has 1 fully saturated rings. The predicted octanol–water partition coefficient (Wildman–Crippen LogP) is 1.29. The molecule has 0 amide bonds. The van der Waals surface area contributed by atoms with Crippen LogP contribution in [0.4, 0.5) is 5.95 Å². The molecule has 5 nitrogen and oxygen atoms in total. The van der Waals surface area contributed by atoms with Gasteiger partial charge in [-0.2, -0.15) is 0 Å². The second kappa shape index (κ2) is 4.74. The number of halogens is 1. The molecule has 1 aliphatic rings. The van der Waals surface area contributed by atoms with Gasteiger partial charge >= 0.3 is 0 Å². The second-order valence-corrected chi connectivity index (χ2v) is 5.20. The van der Waals surface area contributed by atoms with Crippen LogP contribution in [0.1, 0.15) is 19.5 Å². The number of hydrogen-bond donors (Lipinski definition) is 1. The summed E-state index contributed by atoms with van der Waals surface area (Å²) in [6.07, 6.45) is -0.257. The first-order valence-corrected chi connectivity index (χ1v) is 6.16. The number of anilines is 1. The highest BCUT2D eigenvalue weighted by Crippen LogP contribution is 2.24. The Kier molecular flexibility index (Phi) is 3.49. The fourth-order valence-corrected chi connectivity index (χ4v) is 2.30. The minimum atomic E-state index is -0.257. The van der Waals surface area contributed by atoms with E-state index in [1.807, 2.05) is 20.8 Å². The molecule has 0 radical (unpaired) electrons. The van der Waals surface area contributed by atoms with Crippen molar-refractivity contribution in [2.24, 2.45) is 11.8 Å². The lowest BCUT2D eigenvalue weighted by atomic mass is 9.89. The van der Waals surface area contributed by atoms with Gasteiger partial charge in [0.1, 0.15) is 0 Å². The molecular formula is C11H17ClN4O. The summed E-state index contributed by atoms with van der Waals surface area (Å²) in [6.45, 7) is 7.36. The molecule has 0 aromatic carbocycles. The molecular weight excluding hydrogens is 240 g/mol. The molecule has 1 aliphatic heterocycles. The van der Waals surface area contributed by atoms with E-state index in [0.29, 0.717) is 16.8 Å². The zero-order valence-corrected chi connectivity index (χ0v) is 11.0. The third-order valence-corrected chi connectivity index (χ3v) is 3.61. The van der Waals surface area contributed by atoms with E-state index in [-0.39, 0.29) is 17.9 Å². The van der Waals surface area contributed by atoms with E-state index in [9.17, 15) is 5.11 Å². The van der Waals surface area contributed by atoms with E-state index >= 15 is 0 Å². The van der Waals surface area contributed by atoms with E-state index in [4.69, 9.17) is 11.6 Å². The molecule has 2 heterocycles. The van der Waals surface area contributed by atoms with Gasteiger partial charge in [0.2, 0.25) is 5.95 Å². The van der Waals surface area contributed by atoms with Crippen LogP contribution < -0.4 is 4.90 Å². The summed E-state index contributed by atoms with van der Waals surface area (Å²) in [4.78, 5) is 6.38. The van der Waals surface area contributed by atoms with Crippen molar-refractivity contribution in [2.45, 2.75) is 26.9 Å². The van der Waals surface area contributed by atoms with Crippen LogP contribution in [0.2, 0.25) is 5.15 Å². The number of nitrogens with zero attached hydrogens (tertiary/aromatic N) is 4. The summed E-state index contributed by atoms with van der Waals surface area (Å²) < 4.78 is 0. The first-order chi connectivity index (χ1) is 7.99. The lowest BCUT2D eigenvalue weighted by molar-refractivity contribution is 0.0524. The second-order valence-electron chi connectivity index (χ2n) is 4.84. The third kappa shape index (κ3) is 2.50. The van der Waals surface area contributed by atoms with Crippen LogP contribution in [0.25, 0.3) is 0 Å². The van der Waals surface area contributed by atoms with Crippen LogP contribution in [-0.4, -0.2) is 39.5 Å². The maximum Gasteiger partial charge on any atom is 0.245 e. The summed E-state index contributed by atoms with van der Waals surface area (Å²) in [5.74, 6) is 1.01. The van der Waals surface area contributed by atoms with Crippen LogP contribution in [0.5, 0.6) is 0 Å². The van der Waals surface area contributed by atoms with Crippen molar-refractivity contribution < 1.29 is 5.11 Å². The molecule has 1 saturated heterocycles. The third-order valence-electron chi connectivity index (χ3n) is 3.26. The maximum absolute atomic E-state index is 9.91. The normalized spacial score (nSPS) is 29.5. The molecule has 1 aromatic rings. The summed E-state index contributed by atoms with van der Waals surface area (Å²) in [6, 6.07) is 0. The summed E-state index contributed by atoms with van der Waals surface area (Å²) in [7, 11) is 0. The van der Waals surface area contributed by atoms with Gasteiger partial charge in [0.05, 0.1) is 11.8 Å². The van der Waals surface area contributed by atoms with Gasteiger partial charge in [-0.1, -0.05) is 25.4 Å². The van der Waals surface area contributed by atoms with E-state index in [1.54, 1.807) is 0 Å². The number of hydrogen-bond acceptors (Lipinski definition) is 5. The Labute approximate surface area is 106 Å². The van der Waals surface area contributed by atoms with Crippen molar-refractivity contribution in [1.29, 1.82) is 0 Å². The van der Waals surface area contributed by atoms with Crippen LogP contribution in [0, 0.1) is 18.8 Å². The van der Waals surface area contributed by atoms with Gasteiger partial charge in [0.25, 0.3) is 0 Å². The zero-order chi connectivity index (χ0) is 12.6. The van der Waals surface area contributed by atoms with Crippen molar-refractivity contribution in [3.05, 3.63) is 10.8 Å². The van der Waals surface area contributed by atoms with Gasteiger partial charge in [-0.25, -0.2) is 4.98 Å². The summed E-state index contributed by atoms with van der Waals surface area (Å²) in [5.41, 5.74) is 0.683. The smallest absolute Gasteiger partial charge is 0.245 e. The van der Waals surface area contributed by atoms with Crippen LogP contribution in [0.3, 0.4) is 0 Å². The molecule has 0 aliphatic carbocycles. The number of rotatable bonds is 1. The highest BCUT2D eigenvalue weighted by Gasteiger charge is 2.31. The number of piperidine rings is 1.